The van der Waals surface area contributed by atoms with Crippen molar-refractivity contribution in [1.82, 2.24) is 15.5 Å². The molecule has 0 amide bonds. The highest BCUT2D eigenvalue weighted by molar-refractivity contribution is 4.75. The Balaban J connectivity index is 2.30. The van der Waals surface area contributed by atoms with Crippen molar-refractivity contribution in [2.24, 2.45) is 0 Å². The molecule has 0 bridgehead atoms. The Morgan fingerprint density at radius 1 is 1.78 bits per heavy atom. The molecule has 0 aliphatic rings. The van der Waals surface area contributed by atoms with E-state index in [-0.39, 0.29) is 0 Å². The van der Waals surface area contributed by atoms with Crippen LogP contribution in [0.1, 0.15) is 12.7 Å². The van der Waals surface area contributed by atoms with Gasteiger partial charge >= 0.3 is 0 Å². The van der Waals surface area contributed by atoms with Gasteiger partial charge in [0.2, 0.25) is 6.39 Å². The van der Waals surface area contributed by atoms with E-state index in [1.807, 2.05) is 6.92 Å². The molecular formula is C5H9N3O. The summed E-state index contributed by atoms with van der Waals surface area (Å²) in [4.78, 5) is 3.81. The molecule has 1 N–H and O–H groups in total. The third-order valence-corrected chi connectivity index (χ3v) is 0.940. The minimum absolute atomic E-state index is 0.688. The van der Waals surface area contributed by atoms with Crippen LogP contribution in [-0.4, -0.2) is 16.7 Å². The minimum Gasteiger partial charge on any atom is -0.343 e. The Morgan fingerprint density at radius 2 is 2.67 bits per heavy atom. The maximum absolute atomic E-state index is 4.51. The van der Waals surface area contributed by atoms with Crippen molar-refractivity contribution in [3.8, 4) is 0 Å². The van der Waals surface area contributed by atoms with Gasteiger partial charge in [0.05, 0.1) is 6.54 Å². The fraction of sp³-hybridized carbons (Fsp3) is 0.600. The Bertz CT molecular complexity index is 149. The highest BCUT2D eigenvalue weighted by Gasteiger charge is 1.93. The fourth-order valence-corrected chi connectivity index (χ4v) is 0.507. The van der Waals surface area contributed by atoms with Crippen LogP contribution in [-0.2, 0) is 6.54 Å². The van der Waals surface area contributed by atoms with Crippen LogP contribution in [0.4, 0.5) is 0 Å². The zero-order chi connectivity index (χ0) is 6.53. The molecule has 0 atom stereocenters. The second-order valence-electron chi connectivity index (χ2n) is 1.63. The van der Waals surface area contributed by atoms with Gasteiger partial charge in [-0.1, -0.05) is 12.1 Å². The Morgan fingerprint density at radius 3 is 3.22 bits per heavy atom. The van der Waals surface area contributed by atoms with Crippen molar-refractivity contribution >= 4 is 0 Å². The predicted molar refractivity (Wildman–Crippen MR) is 31.7 cm³/mol. The van der Waals surface area contributed by atoms with E-state index in [1.54, 1.807) is 0 Å². The molecule has 4 heteroatoms. The summed E-state index contributed by atoms with van der Waals surface area (Å²) in [5.41, 5.74) is 0. The molecule has 0 fully saturated rings. The summed E-state index contributed by atoms with van der Waals surface area (Å²) in [6, 6.07) is 0. The van der Waals surface area contributed by atoms with Gasteiger partial charge in [0, 0.05) is 0 Å². The van der Waals surface area contributed by atoms with E-state index in [1.165, 1.54) is 6.39 Å². The van der Waals surface area contributed by atoms with Crippen molar-refractivity contribution in [1.29, 1.82) is 0 Å². The monoisotopic (exact) mass is 127 g/mol. The first kappa shape index (κ1) is 6.22. The van der Waals surface area contributed by atoms with Crippen LogP contribution in [0, 0.1) is 0 Å². The third-order valence-electron chi connectivity index (χ3n) is 0.940. The van der Waals surface area contributed by atoms with Gasteiger partial charge in [-0.2, -0.15) is 4.98 Å². The quantitative estimate of drug-likeness (QED) is 0.629. The van der Waals surface area contributed by atoms with Crippen LogP contribution < -0.4 is 5.32 Å². The molecule has 50 valence electrons. The van der Waals surface area contributed by atoms with Gasteiger partial charge in [-0.3, -0.25) is 0 Å². The van der Waals surface area contributed by atoms with Crippen molar-refractivity contribution in [3.63, 3.8) is 0 Å². The zero-order valence-electron chi connectivity index (χ0n) is 5.29. The zero-order valence-corrected chi connectivity index (χ0v) is 5.29. The highest BCUT2D eigenvalue weighted by Crippen LogP contribution is 1.84. The first-order valence-electron chi connectivity index (χ1n) is 2.89. The molecule has 0 saturated carbocycles. The number of nitrogens with one attached hydrogen (secondary N) is 1. The van der Waals surface area contributed by atoms with Gasteiger partial charge < -0.3 is 9.84 Å². The van der Waals surface area contributed by atoms with Gasteiger partial charge in [0.1, 0.15) is 0 Å². The largest absolute Gasteiger partial charge is 0.343 e. The second-order valence-corrected chi connectivity index (χ2v) is 1.63. The number of rotatable bonds is 3. The summed E-state index contributed by atoms with van der Waals surface area (Å²) in [6.07, 6.45) is 1.33. The van der Waals surface area contributed by atoms with Crippen LogP contribution in [0.2, 0.25) is 0 Å². The standard InChI is InChI=1S/C5H9N3O/c1-2-6-3-5-7-4-9-8-5/h4,6H,2-3H2,1H3. The van der Waals surface area contributed by atoms with E-state index in [0.29, 0.717) is 12.4 Å². The van der Waals surface area contributed by atoms with Crippen molar-refractivity contribution in [2.45, 2.75) is 13.5 Å². The molecule has 1 aromatic heterocycles. The van der Waals surface area contributed by atoms with E-state index in [4.69, 9.17) is 0 Å². The molecule has 0 radical (unpaired) electrons. The van der Waals surface area contributed by atoms with Crippen LogP contribution >= 0.6 is 0 Å². The molecule has 0 saturated heterocycles. The lowest BCUT2D eigenvalue weighted by Gasteiger charge is -1.91. The Labute approximate surface area is 53.3 Å². The minimum atomic E-state index is 0.688. The van der Waals surface area contributed by atoms with E-state index in [2.05, 4.69) is 20.0 Å². The van der Waals surface area contributed by atoms with Crippen molar-refractivity contribution in [3.05, 3.63) is 12.2 Å². The molecule has 4 nitrogen and oxygen atoms in total. The molecule has 1 aromatic rings. The van der Waals surface area contributed by atoms with Gasteiger partial charge in [-0.15, -0.1) is 0 Å². The summed E-state index contributed by atoms with van der Waals surface area (Å²) in [7, 11) is 0. The van der Waals surface area contributed by atoms with E-state index >= 15 is 0 Å². The van der Waals surface area contributed by atoms with E-state index < -0.39 is 0 Å². The van der Waals surface area contributed by atoms with Crippen molar-refractivity contribution in [2.75, 3.05) is 6.54 Å². The summed E-state index contributed by atoms with van der Waals surface area (Å²) in [5, 5.41) is 6.67. The first-order valence-corrected chi connectivity index (χ1v) is 2.89. The smallest absolute Gasteiger partial charge is 0.213 e. The lowest BCUT2D eigenvalue weighted by Crippen LogP contribution is -2.12. The summed E-state index contributed by atoms with van der Waals surface area (Å²) >= 11 is 0. The molecule has 9 heavy (non-hydrogen) atoms. The highest BCUT2D eigenvalue weighted by atomic mass is 16.5. The van der Waals surface area contributed by atoms with Crippen LogP contribution in [0.5, 0.6) is 0 Å². The third kappa shape index (κ3) is 1.81. The summed E-state index contributed by atoms with van der Waals surface area (Å²) in [6.45, 7) is 3.64. The predicted octanol–water partition coefficient (Wildman–Crippen LogP) is 0.179. The average molecular weight is 127 g/mol. The molecular weight excluding hydrogens is 118 g/mol. The van der Waals surface area contributed by atoms with Gasteiger partial charge in [-0.25, -0.2) is 0 Å². The number of aromatic nitrogens is 2. The number of nitrogens with zero attached hydrogens (tertiary/aromatic N) is 2. The maximum atomic E-state index is 4.51. The Kier molecular flexibility index (Phi) is 2.21. The molecule has 1 heterocycles. The van der Waals surface area contributed by atoms with E-state index in [0.717, 1.165) is 6.54 Å². The van der Waals surface area contributed by atoms with Gasteiger partial charge in [0.15, 0.2) is 5.82 Å². The lowest BCUT2D eigenvalue weighted by atomic mass is 10.6. The molecule has 0 spiro atoms. The molecule has 0 aromatic carbocycles. The first-order chi connectivity index (χ1) is 4.43. The number of hydrogen-bond acceptors (Lipinski definition) is 4. The maximum Gasteiger partial charge on any atom is 0.213 e. The Hall–Kier alpha value is -0.900. The number of hydrogen-bond donors (Lipinski definition) is 1. The normalized spacial score (nSPS) is 9.89. The van der Waals surface area contributed by atoms with Gasteiger partial charge in [0.25, 0.3) is 0 Å². The van der Waals surface area contributed by atoms with Gasteiger partial charge in [-0.05, 0) is 6.54 Å². The summed E-state index contributed by atoms with van der Waals surface area (Å²) in [5.74, 6) is 0.705. The SMILES string of the molecule is CCNCc1ncon1. The summed E-state index contributed by atoms with van der Waals surface area (Å²) < 4.78 is 4.51. The van der Waals surface area contributed by atoms with Crippen LogP contribution in [0.15, 0.2) is 10.9 Å². The fourth-order valence-electron chi connectivity index (χ4n) is 0.507. The average Bonchev–Trinajstić information content (AvgIpc) is 2.34. The molecule has 0 unspecified atom stereocenters. The molecule has 0 aliphatic heterocycles. The van der Waals surface area contributed by atoms with E-state index in [9.17, 15) is 0 Å². The van der Waals surface area contributed by atoms with Crippen LogP contribution in [0.25, 0.3) is 0 Å². The lowest BCUT2D eigenvalue weighted by molar-refractivity contribution is 0.407. The molecule has 0 aliphatic carbocycles. The second kappa shape index (κ2) is 3.19. The van der Waals surface area contributed by atoms with Crippen LogP contribution in [0.3, 0.4) is 0 Å². The topological polar surface area (TPSA) is 51.0 Å². The molecule has 1 rings (SSSR count). The van der Waals surface area contributed by atoms with Crippen molar-refractivity contribution < 1.29 is 4.52 Å².